The van der Waals surface area contributed by atoms with E-state index in [1.165, 1.54) is 11.1 Å². The van der Waals surface area contributed by atoms with Gasteiger partial charge in [0.2, 0.25) is 5.91 Å². The first-order valence-corrected chi connectivity index (χ1v) is 6.10. The van der Waals surface area contributed by atoms with Gasteiger partial charge in [-0.1, -0.05) is 24.3 Å². The zero-order valence-electron chi connectivity index (χ0n) is 9.65. The Morgan fingerprint density at radius 1 is 1.38 bits per heavy atom. The zero-order valence-corrected chi connectivity index (χ0v) is 9.65. The van der Waals surface area contributed by atoms with Gasteiger partial charge in [-0.05, 0) is 36.3 Å². The van der Waals surface area contributed by atoms with Crippen LogP contribution in [0.3, 0.4) is 0 Å². The van der Waals surface area contributed by atoms with Gasteiger partial charge in [-0.25, -0.2) is 0 Å². The minimum absolute atomic E-state index is 0.239. The topological polar surface area (TPSA) is 20.3 Å². The number of rotatable bonds is 0. The largest absolute Gasteiger partial charge is 0.340 e. The van der Waals surface area contributed by atoms with Gasteiger partial charge in [0.1, 0.15) is 0 Å². The number of amides is 1. The minimum atomic E-state index is 0.239. The highest BCUT2D eigenvalue weighted by Crippen LogP contribution is 2.39. The Hall–Kier alpha value is -1.31. The summed E-state index contributed by atoms with van der Waals surface area (Å²) in [5.41, 5.74) is 2.98. The van der Waals surface area contributed by atoms with Crippen LogP contribution in [0.25, 0.3) is 0 Å². The molecule has 1 aliphatic heterocycles. The molecule has 0 saturated carbocycles. The molecule has 1 heterocycles. The molecule has 2 aliphatic rings. The van der Waals surface area contributed by atoms with Gasteiger partial charge in [-0.3, -0.25) is 4.79 Å². The van der Waals surface area contributed by atoms with Crippen LogP contribution in [0.4, 0.5) is 0 Å². The van der Waals surface area contributed by atoms with Crippen LogP contribution in [0.15, 0.2) is 24.3 Å². The van der Waals surface area contributed by atoms with Crippen molar-refractivity contribution in [3.8, 4) is 0 Å². The minimum Gasteiger partial charge on any atom is -0.340 e. The van der Waals surface area contributed by atoms with Gasteiger partial charge < -0.3 is 4.90 Å². The molecule has 0 unspecified atom stereocenters. The molecule has 2 bridgehead atoms. The van der Waals surface area contributed by atoms with E-state index in [2.05, 4.69) is 29.2 Å². The lowest BCUT2D eigenvalue weighted by Gasteiger charge is -2.43. The molecule has 2 atom stereocenters. The van der Waals surface area contributed by atoms with Crippen molar-refractivity contribution in [2.75, 3.05) is 6.54 Å². The predicted molar refractivity (Wildman–Crippen MR) is 63.3 cm³/mol. The Labute approximate surface area is 96.3 Å². The lowest BCUT2D eigenvalue weighted by Crippen LogP contribution is -2.47. The number of likely N-dealkylation sites (tertiary alicyclic amines) is 1. The average molecular weight is 215 g/mol. The van der Waals surface area contributed by atoms with Gasteiger partial charge in [-0.2, -0.15) is 0 Å². The molecule has 0 radical (unpaired) electrons. The van der Waals surface area contributed by atoms with E-state index in [1.54, 1.807) is 6.92 Å². The van der Waals surface area contributed by atoms with Gasteiger partial charge in [0.25, 0.3) is 0 Å². The lowest BCUT2D eigenvalue weighted by atomic mass is 9.75. The molecule has 16 heavy (non-hydrogen) atoms. The highest BCUT2D eigenvalue weighted by atomic mass is 16.2. The van der Waals surface area contributed by atoms with Gasteiger partial charge in [0, 0.05) is 19.5 Å². The maximum absolute atomic E-state index is 11.5. The first-order valence-electron chi connectivity index (χ1n) is 6.10. The van der Waals surface area contributed by atoms with Crippen molar-refractivity contribution >= 4 is 5.91 Å². The first-order chi connectivity index (χ1) is 7.75. The fourth-order valence-corrected chi connectivity index (χ4v) is 3.31. The van der Waals surface area contributed by atoms with Crippen LogP contribution in [0.2, 0.25) is 0 Å². The maximum Gasteiger partial charge on any atom is 0.219 e. The summed E-state index contributed by atoms with van der Waals surface area (Å²) in [7, 11) is 0. The Morgan fingerprint density at radius 2 is 2.19 bits per heavy atom. The second-order valence-corrected chi connectivity index (χ2v) is 4.99. The number of hydrogen-bond acceptors (Lipinski definition) is 1. The third kappa shape index (κ3) is 1.44. The van der Waals surface area contributed by atoms with Crippen molar-refractivity contribution in [1.29, 1.82) is 0 Å². The second kappa shape index (κ2) is 3.62. The maximum atomic E-state index is 11.5. The molecule has 0 N–H and O–H groups in total. The molecule has 0 aromatic heterocycles. The van der Waals surface area contributed by atoms with Crippen molar-refractivity contribution in [2.24, 2.45) is 0 Å². The summed E-state index contributed by atoms with van der Waals surface area (Å²) in [4.78, 5) is 13.6. The van der Waals surface area contributed by atoms with Crippen molar-refractivity contribution in [2.45, 2.75) is 38.1 Å². The third-order valence-corrected chi connectivity index (χ3v) is 4.07. The van der Waals surface area contributed by atoms with Crippen molar-refractivity contribution in [1.82, 2.24) is 4.90 Å². The van der Waals surface area contributed by atoms with Gasteiger partial charge in [-0.15, -0.1) is 0 Å². The molecule has 1 saturated heterocycles. The van der Waals surface area contributed by atoms with Gasteiger partial charge in [0.15, 0.2) is 0 Å². The smallest absolute Gasteiger partial charge is 0.219 e. The van der Waals surface area contributed by atoms with Crippen molar-refractivity contribution in [3.05, 3.63) is 35.4 Å². The Morgan fingerprint density at radius 3 is 3.00 bits per heavy atom. The van der Waals surface area contributed by atoms with E-state index in [1.807, 2.05) is 0 Å². The van der Waals surface area contributed by atoms with Crippen molar-refractivity contribution in [3.63, 3.8) is 0 Å². The fraction of sp³-hybridized carbons (Fsp3) is 0.500. The van der Waals surface area contributed by atoms with Crippen molar-refractivity contribution < 1.29 is 4.79 Å². The third-order valence-electron chi connectivity index (χ3n) is 4.07. The highest BCUT2D eigenvalue weighted by molar-refractivity contribution is 5.74. The molecule has 1 fully saturated rings. The Balaban J connectivity index is 1.95. The molecule has 2 nitrogen and oxygen atoms in total. The number of carbonyl (C=O) groups is 1. The number of piperidine rings is 1. The second-order valence-electron chi connectivity index (χ2n) is 4.99. The number of nitrogens with zero attached hydrogens (tertiary/aromatic N) is 1. The molecule has 1 aromatic carbocycles. The molecule has 1 aliphatic carbocycles. The average Bonchev–Trinajstić information content (AvgIpc) is 2.29. The number of carbonyl (C=O) groups excluding carboxylic acids is 1. The summed E-state index contributed by atoms with van der Waals surface area (Å²) in [6.07, 6.45) is 3.34. The van der Waals surface area contributed by atoms with E-state index >= 15 is 0 Å². The monoisotopic (exact) mass is 215 g/mol. The van der Waals surface area contributed by atoms with Crippen LogP contribution < -0.4 is 0 Å². The molecule has 0 spiro atoms. The zero-order chi connectivity index (χ0) is 11.1. The van der Waals surface area contributed by atoms with E-state index in [0.29, 0.717) is 12.0 Å². The predicted octanol–water partition coefficient (Wildman–Crippen LogP) is 2.34. The molecule has 3 rings (SSSR count). The number of fused-ring (bicyclic) bond motifs is 4. The van der Waals surface area contributed by atoms with Crippen LogP contribution in [0.5, 0.6) is 0 Å². The normalized spacial score (nSPS) is 27.4. The van der Waals surface area contributed by atoms with Crippen LogP contribution >= 0.6 is 0 Å². The standard InChI is InChI=1S/C14H17NO/c1-10(16)15-7-6-12-9-13(15)8-11-4-2-3-5-14(11)12/h2-5,12-13H,6-9H2,1H3/t12-,13-/m0/s1. The molecule has 1 amide bonds. The summed E-state index contributed by atoms with van der Waals surface area (Å²) in [6.45, 7) is 2.64. The summed E-state index contributed by atoms with van der Waals surface area (Å²) in [5, 5.41) is 0. The van der Waals surface area contributed by atoms with Crippen LogP contribution in [0, 0.1) is 0 Å². The first kappa shape index (κ1) is 9.88. The van der Waals surface area contributed by atoms with E-state index in [-0.39, 0.29) is 5.91 Å². The van der Waals surface area contributed by atoms with E-state index in [9.17, 15) is 4.79 Å². The van der Waals surface area contributed by atoms with Crippen LogP contribution in [0.1, 0.15) is 36.8 Å². The van der Waals surface area contributed by atoms with E-state index in [0.717, 1.165) is 25.8 Å². The molecule has 2 heteroatoms. The molecule has 1 aromatic rings. The Kier molecular flexibility index (Phi) is 2.23. The van der Waals surface area contributed by atoms with Crippen LogP contribution in [-0.4, -0.2) is 23.4 Å². The quantitative estimate of drug-likeness (QED) is 0.650. The fourth-order valence-electron chi connectivity index (χ4n) is 3.31. The summed E-state index contributed by atoms with van der Waals surface area (Å²) in [5.74, 6) is 0.924. The summed E-state index contributed by atoms with van der Waals surface area (Å²) >= 11 is 0. The molecular formula is C14H17NO. The van der Waals surface area contributed by atoms with Gasteiger partial charge in [0.05, 0.1) is 0 Å². The number of benzene rings is 1. The number of hydrogen-bond donors (Lipinski definition) is 0. The van der Waals surface area contributed by atoms with Crippen LogP contribution in [-0.2, 0) is 11.2 Å². The SMILES string of the molecule is CC(=O)N1CC[C@H]2C[C@@H]1Cc1ccccc12. The van der Waals surface area contributed by atoms with Gasteiger partial charge >= 0.3 is 0 Å². The highest BCUT2D eigenvalue weighted by Gasteiger charge is 2.35. The lowest BCUT2D eigenvalue weighted by molar-refractivity contribution is -0.132. The summed E-state index contributed by atoms with van der Waals surface area (Å²) < 4.78 is 0. The molecule has 84 valence electrons. The Bertz CT molecular complexity index is 426. The van der Waals surface area contributed by atoms with E-state index < -0.39 is 0 Å². The van der Waals surface area contributed by atoms with E-state index in [4.69, 9.17) is 0 Å². The molecular weight excluding hydrogens is 198 g/mol. The summed E-state index contributed by atoms with van der Waals surface area (Å²) in [6, 6.07) is 9.18.